The zero-order valence-electron chi connectivity index (χ0n) is 16.1. The van der Waals surface area contributed by atoms with Crippen LogP contribution in [0.2, 0.25) is 0 Å². The van der Waals surface area contributed by atoms with Gasteiger partial charge in [0, 0.05) is 17.9 Å². The summed E-state index contributed by atoms with van der Waals surface area (Å²) in [4.78, 5) is 13.2. The van der Waals surface area contributed by atoms with Gasteiger partial charge in [0.2, 0.25) is 5.91 Å². The van der Waals surface area contributed by atoms with Crippen LogP contribution >= 0.6 is 12.4 Å². The molecule has 0 radical (unpaired) electrons. The predicted molar refractivity (Wildman–Crippen MR) is 117 cm³/mol. The highest BCUT2D eigenvalue weighted by Gasteiger charge is 2.49. The first kappa shape index (κ1) is 21.6. The van der Waals surface area contributed by atoms with Crippen molar-refractivity contribution in [3.05, 3.63) is 54.6 Å². The van der Waals surface area contributed by atoms with Gasteiger partial charge in [0.05, 0.1) is 10.3 Å². The van der Waals surface area contributed by atoms with Gasteiger partial charge in [-0.3, -0.25) is 9.52 Å². The molecule has 1 aliphatic heterocycles. The van der Waals surface area contributed by atoms with Crippen molar-refractivity contribution in [3.8, 4) is 0 Å². The summed E-state index contributed by atoms with van der Waals surface area (Å²) in [5, 5.41) is 6.35. The van der Waals surface area contributed by atoms with Gasteiger partial charge >= 0.3 is 0 Å². The third-order valence-electron chi connectivity index (χ3n) is 5.92. The molecule has 1 saturated carbocycles. The van der Waals surface area contributed by atoms with E-state index in [-0.39, 0.29) is 28.6 Å². The van der Waals surface area contributed by atoms with Crippen molar-refractivity contribution in [2.45, 2.75) is 30.6 Å². The monoisotopic (exact) mass is 435 g/mol. The van der Waals surface area contributed by atoms with Gasteiger partial charge in [0.1, 0.15) is 0 Å². The van der Waals surface area contributed by atoms with Crippen LogP contribution in [0.15, 0.2) is 59.5 Å². The maximum Gasteiger partial charge on any atom is 0.261 e. The second kappa shape index (κ2) is 8.73. The summed E-state index contributed by atoms with van der Waals surface area (Å²) in [6.07, 6.45) is 4.17. The van der Waals surface area contributed by atoms with Crippen LogP contribution < -0.4 is 15.4 Å². The van der Waals surface area contributed by atoms with Crippen molar-refractivity contribution < 1.29 is 13.2 Å². The van der Waals surface area contributed by atoms with Crippen LogP contribution in [0.25, 0.3) is 0 Å². The number of amides is 1. The Balaban J connectivity index is 0.00000240. The second-order valence-electron chi connectivity index (χ2n) is 7.68. The molecule has 2 aliphatic rings. The molecule has 156 valence electrons. The van der Waals surface area contributed by atoms with E-state index in [9.17, 15) is 13.2 Å². The van der Waals surface area contributed by atoms with E-state index in [1.807, 2.05) is 6.07 Å². The molecule has 29 heavy (non-hydrogen) atoms. The number of anilines is 2. The average Bonchev–Trinajstić information content (AvgIpc) is 3.14. The molecule has 0 spiro atoms. The van der Waals surface area contributed by atoms with Gasteiger partial charge in [-0.2, -0.15) is 0 Å². The molecule has 1 aliphatic carbocycles. The molecule has 1 saturated heterocycles. The summed E-state index contributed by atoms with van der Waals surface area (Å²) in [6, 6.07) is 15.2. The highest BCUT2D eigenvalue weighted by molar-refractivity contribution is 7.92. The molecule has 2 aromatic carbocycles. The average molecular weight is 436 g/mol. The molecular formula is C21H26ClN3O3S. The summed E-state index contributed by atoms with van der Waals surface area (Å²) in [6.45, 7) is 1.57. The molecule has 2 atom stereocenters. The Kier molecular flexibility index (Phi) is 6.51. The summed E-state index contributed by atoms with van der Waals surface area (Å²) in [5.74, 6) is 0.348. The summed E-state index contributed by atoms with van der Waals surface area (Å²) >= 11 is 0. The fraction of sp³-hybridized carbons (Fsp3) is 0.381. The van der Waals surface area contributed by atoms with Crippen LogP contribution in [-0.4, -0.2) is 27.4 Å². The number of fused-ring (bicyclic) bond motifs is 1. The number of benzene rings is 2. The third kappa shape index (κ3) is 4.42. The van der Waals surface area contributed by atoms with Crippen LogP contribution in [0.4, 0.5) is 11.4 Å². The normalized spacial score (nSPS) is 23.5. The Labute approximate surface area is 177 Å². The SMILES string of the molecule is Cl.O=C(Nc1cccc(S(=O)(=O)Nc2ccccc2)c1)[C@@]12CCCC[C@H]1CNC2. The molecule has 2 aromatic rings. The fourth-order valence-corrected chi connectivity index (χ4v) is 5.51. The number of sulfonamides is 1. The van der Waals surface area contributed by atoms with Gasteiger partial charge < -0.3 is 10.6 Å². The minimum atomic E-state index is -3.73. The number of hydrogen-bond acceptors (Lipinski definition) is 4. The number of carbonyl (C=O) groups is 1. The van der Waals surface area contributed by atoms with Crippen LogP contribution in [-0.2, 0) is 14.8 Å². The Morgan fingerprint density at radius 1 is 1.03 bits per heavy atom. The van der Waals surface area contributed by atoms with E-state index in [0.29, 0.717) is 23.8 Å². The maximum absolute atomic E-state index is 13.1. The van der Waals surface area contributed by atoms with Crippen molar-refractivity contribution in [2.75, 3.05) is 23.1 Å². The van der Waals surface area contributed by atoms with Gasteiger partial charge in [-0.15, -0.1) is 12.4 Å². The molecular weight excluding hydrogens is 410 g/mol. The van der Waals surface area contributed by atoms with Crippen molar-refractivity contribution in [3.63, 3.8) is 0 Å². The van der Waals surface area contributed by atoms with E-state index in [1.54, 1.807) is 36.4 Å². The standard InChI is InChI=1S/C21H25N3O3S.ClH/c25-20(21-12-5-4-7-16(21)14-22-15-21)23-18-10-6-11-19(13-18)28(26,27)24-17-8-2-1-3-9-17;/h1-3,6,8-11,13,16,22,24H,4-5,7,12,14-15H2,(H,23,25);1H/t16-,21+;/m0./s1. The zero-order valence-corrected chi connectivity index (χ0v) is 17.7. The van der Waals surface area contributed by atoms with E-state index in [1.165, 1.54) is 18.6 Å². The highest BCUT2D eigenvalue weighted by atomic mass is 35.5. The molecule has 0 aromatic heterocycles. The van der Waals surface area contributed by atoms with Crippen molar-refractivity contribution >= 4 is 39.7 Å². The minimum absolute atomic E-state index is 0. The Morgan fingerprint density at radius 3 is 2.59 bits per heavy atom. The van der Waals surface area contributed by atoms with Gasteiger partial charge in [-0.1, -0.05) is 37.1 Å². The third-order valence-corrected chi connectivity index (χ3v) is 7.30. The molecule has 8 heteroatoms. The Morgan fingerprint density at radius 2 is 1.79 bits per heavy atom. The Bertz CT molecular complexity index is 968. The first-order valence-corrected chi connectivity index (χ1v) is 11.2. The van der Waals surface area contributed by atoms with Crippen molar-refractivity contribution in [1.29, 1.82) is 0 Å². The lowest BCUT2D eigenvalue weighted by molar-refractivity contribution is -0.128. The van der Waals surface area contributed by atoms with E-state index >= 15 is 0 Å². The molecule has 4 rings (SSSR count). The minimum Gasteiger partial charge on any atom is -0.326 e. The number of halogens is 1. The largest absolute Gasteiger partial charge is 0.326 e. The van der Waals surface area contributed by atoms with Crippen LogP contribution in [0.5, 0.6) is 0 Å². The maximum atomic E-state index is 13.1. The van der Waals surface area contributed by atoms with E-state index < -0.39 is 10.0 Å². The van der Waals surface area contributed by atoms with E-state index in [2.05, 4.69) is 15.4 Å². The number of para-hydroxylation sites is 1. The molecule has 1 heterocycles. The Hall–Kier alpha value is -2.09. The van der Waals surface area contributed by atoms with Crippen molar-refractivity contribution in [2.24, 2.45) is 11.3 Å². The quantitative estimate of drug-likeness (QED) is 0.669. The van der Waals surface area contributed by atoms with E-state index in [4.69, 9.17) is 0 Å². The van der Waals surface area contributed by atoms with Crippen LogP contribution in [0.1, 0.15) is 25.7 Å². The first-order chi connectivity index (χ1) is 13.5. The van der Waals surface area contributed by atoms with Crippen LogP contribution in [0, 0.1) is 11.3 Å². The molecule has 1 amide bonds. The zero-order chi connectivity index (χ0) is 19.6. The molecule has 0 unspecified atom stereocenters. The van der Waals surface area contributed by atoms with Gasteiger partial charge in [-0.25, -0.2) is 8.42 Å². The fourth-order valence-electron chi connectivity index (χ4n) is 4.41. The lowest BCUT2D eigenvalue weighted by atomic mass is 9.67. The van der Waals surface area contributed by atoms with Crippen LogP contribution in [0.3, 0.4) is 0 Å². The molecule has 3 N–H and O–H groups in total. The lowest BCUT2D eigenvalue weighted by Crippen LogP contribution is -2.44. The lowest BCUT2D eigenvalue weighted by Gasteiger charge is -2.37. The van der Waals surface area contributed by atoms with Gasteiger partial charge in [0.15, 0.2) is 0 Å². The molecule has 6 nitrogen and oxygen atoms in total. The van der Waals surface area contributed by atoms with Crippen molar-refractivity contribution in [1.82, 2.24) is 5.32 Å². The highest BCUT2D eigenvalue weighted by Crippen LogP contribution is 2.44. The number of nitrogens with one attached hydrogen (secondary N) is 3. The van der Waals surface area contributed by atoms with Gasteiger partial charge in [-0.05, 0) is 55.6 Å². The molecule has 2 fully saturated rings. The smallest absolute Gasteiger partial charge is 0.261 e. The predicted octanol–water partition coefficient (Wildman–Crippen LogP) is 3.63. The number of rotatable bonds is 5. The number of hydrogen-bond donors (Lipinski definition) is 3. The summed E-state index contributed by atoms with van der Waals surface area (Å²) < 4.78 is 27.9. The number of carbonyl (C=O) groups excluding carboxylic acids is 1. The summed E-state index contributed by atoms with van der Waals surface area (Å²) in [7, 11) is -3.73. The summed E-state index contributed by atoms with van der Waals surface area (Å²) in [5.41, 5.74) is 0.625. The molecule has 0 bridgehead atoms. The second-order valence-corrected chi connectivity index (χ2v) is 9.37. The first-order valence-electron chi connectivity index (χ1n) is 9.70. The van der Waals surface area contributed by atoms with Gasteiger partial charge in [0.25, 0.3) is 10.0 Å². The topological polar surface area (TPSA) is 87.3 Å². The van der Waals surface area contributed by atoms with E-state index in [0.717, 1.165) is 25.8 Å².